The fraction of sp³-hybridized carbons (Fsp3) is 0.600. The lowest BCUT2D eigenvalue weighted by molar-refractivity contribution is -0.150. The van der Waals surface area contributed by atoms with Gasteiger partial charge >= 0.3 is 5.97 Å². The van der Waals surface area contributed by atoms with E-state index in [1.54, 1.807) is 6.92 Å². The largest absolute Gasteiger partial charge is 0.450 e. The lowest BCUT2D eigenvalue weighted by atomic mass is 9.82. The summed E-state index contributed by atoms with van der Waals surface area (Å²) in [5, 5.41) is 3.01. The van der Waals surface area contributed by atoms with Crippen molar-refractivity contribution in [3.8, 4) is 0 Å². The standard InChI is InChI=1S/C25H35N3O3/c1-4-27-15-11-25(12-16-27)22(19(3)24(30)31-25)23(29)26-21-7-5-20(6-8-21)17-28-13-9-18(2)10-14-28/h5-8,18H,4,9-17H2,1-3H3,(H,26,29). The van der Waals surface area contributed by atoms with Crippen LogP contribution in [0.1, 0.15) is 52.0 Å². The van der Waals surface area contributed by atoms with Gasteiger partial charge in [-0.05, 0) is 63.0 Å². The van der Waals surface area contributed by atoms with Gasteiger partial charge in [0.05, 0.1) is 5.57 Å². The Morgan fingerprint density at radius 1 is 1.10 bits per heavy atom. The van der Waals surface area contributed by atoms with E-state index in [4.69, 9.17) is 4.74 Å². The van der Waals surface area contributed by atoms with Gasteiger partial charge in [0.15, 0.2) is 0 Å². The van der Waals surface area contributed by atoms with Crippen molar-refractivity contribution in [1.29, 1.82) is 0 Å². The third kappa shape index (κ3) is 4.70. The van der Waals surface area contributed by atoms with Crippen LogP contribution in [0.15, 0.2) is 35.4 Å². The molecule has 0 bridgehead atoms. The molecule has 0 saturated carbocycles. The van der Waals surface area contributed by atoms with Gasteiger partial charge in [0.2, 0.25) is 0 Å². The second kappa shape index (κ2) is 9.13. The van der Waals surface area contributed by atoms with Crippen LogP contribution in [0.4, 0.5) is 5.69 Å². The van der Waals surface area contributed by atoms with E-state index >= 15 is 0 Å². The Kier molecular flexibility index (Phi) is 6.49. The highest BCUT2D eigenvalue weighted by Gasteiger charge is 2.50. The van der Waals surface area contributed by atoms with Gasteiger partial charge in [-0.25, -0.2) is 4.79 Å². The predicted molar refractivity (Wildman–Crippen MR) is 122 cm³/mol. The molecular weight excluding hydrogens is 390 g/mol. The number of esters is 1. The Morgan fingerprint density at radius 3 is 2.35 bits per heavy atom. The number of piperidine rings is 2. The third-order valence-corrected chi connectivity index (χ3v) is 7.26. The highest BCUT2D eigenvalue weighted by molar-refractivity contribution is 6.12. The quantitative estimate of drug-likeness (QED) is 0.731. The zero-order valence-electron chi connectivity index (χ0n) is 19.1. The van der Waals surface area contributed by atoms with E-state index in [1.807, 2.05) is 12.1 Å². The Labute approximate surface area is 185 Å². The molecule has 4 rings (SSSR count). The van der Waals surface area contributed by atoms with Crippen LogP contribution < -0.4 is 5.32 Å². The van der Waals surface area contributed by atoms with Crippen molar-refractivity contribution < 1.29 is 14.3 Å². The lowest BCUT2D eigenvalue weighted by Gasteiger charge is -2.39. The molecule has 1 aromatic carbocycles. The minimum absolute atomic E-state index is 0.217. The van der Waals surface area contributed by atoms with Gasteiger partial charge in [0.25, 0.3) is 5.91 Å². The van der Waals surface area contributed by atoms with Crippen molar-refractivity contribution in [3.05, 3.63) is 41.0 Å². The van der Waals surface area contributed by atoms with Crippen LogP contribution in [0.5, 0.6) is 0 Å². The first-order valence-corrected chi connectivity index (χ1v) is 11.7. The van der Waals surface area contributed by atoms with Crippen molar-refractivity contribution in [1.82, 2.24) is 9.80 Å². The van der Waals surface area contributed by atoms with Gasteiger partial charge in [-0.15, -0.1) is 0 Å². The Morgan fingerprint density at radius 2 is 1.74 bits per heavy atom. The van der Waals surface area contributed by atoms with E-state index in [0.717, 1.165) is 50.9 Å². The smallest absolute Gasteiger partial charge is 0.335 e. The van der Waals surface area contributed by atoms with E-state index in [2.05, 4.69) is 41.1 Å². The molecule has 6 nitrogen and oxygen atoms in total. The summed E-state index contributed by atoms with van der Waals surface area (Å²) in [4.78, 5) is 30.4. The molecule has 0 aliphatic carbocycles. The number of ether oxygens (including phenoxy) is 1. The molecule has 1 amide bonds. The van der Waals surface area contributed by atoms with Crippen LogP contribution in [0.3, 0.4) is 0 Å². The van der Waals surface area contributed by atoms with Crippen LogP contribution in [-0.2, 0) is 20.9 Å². The van der Waals surface area contributed by atoms with E-state index in [1.165, 1.54) is 18.4 Å². The number of nitrogens with one attached hydrogen (secondary N) is 1. The molecule has 3 heterocycles. The number of carbonyl (C=O) groups excluding carboxylic acids is 2. The molecule has 2 fully saturated rings. The molecule has 0 unspecified atom stereocenters. The van der Waals surface area contributed by atoms with Gasteiger partial charge in [0.1, 0.15) is 5.60 Å². The SMILES string of the molecule is CCN1CCC2(CC1)OC(=O)C(C)=C2C(=O)Nc1ccc(CN2CCC(C)CC2)cc1. The van der Waals surface area contributed by atoms with Crippen molar-refractivity contribution in [3.63, 3.8) is 0 Å². The number of benzene rings is 1. The van der Waals surface area contributed by atoms with Crippen molar-refractivity contribution in [2.75, 3.05) is 38.0 Å². The number of hydrogen-bond acceptors (Lipinski definition) is 5. The molecule has 1 spiro atoms. The van der Waals surface area contributed by atoms with Crippen LogP contribution in [0, 0.1) is 5.92 Å². The van der Waals surface area contributed by atoms with Gasteiger partial charge in [-0.1, -0.05) is 26.0 Å². The van der Waals surface area contributed by atoms with E-state index < -0.39 is 5.60 Å². The molecule has 168 valence electrons. The van der Waals surface area contributed by atoms with E-state index in [9.17, 15) is 9.59 Å². The van der Waals surface area contributed by atoms with Gasteiger partial charge in [-0.2, -0.15) is 0 Å². The van der Waals surface area contributed by atoms with E-state index in [-0.39, 0.29) is 11.9 Å². The molecule has 3 aliphatic heterocycles. The lowest BCUT2D eigenvalue weighted by Crippen LogP contribution is -2.47. The molecule has 3 aliphatic rings. The highest BCUT2D eigenvalue weighted by Crippen LogP contribution is 2.41. The van der Waals surface area contributed by atoms with Crippen molar-refractivity contribution in [2.24, 2.45) is 5.92 Å². The maximum absolute atomic E-state index is 13.2. The average Bonchev–Trinajstić information content (AvgIpc) is 3.01. The molecule has 6 heteroatoms. The van der Waals surface area contributed by atoms with Crippen molar-refractivity contribution >= 4 is 17.6 Å². The Bertz CT molecular complexity index is 845. The summed E-state index contributed by atoms with van der Waals surface area (Å²) >= 11 is 0. The number of amides is 1. The summed E-state index contributed by atoms with van der Waals surface area (Å²) < 4.78 is 5.77. The van der Waals surface area contributed by atoms with Crippen LogP contribution in [0.2, 0.25) is 0 Å². The van der Waals surface area contributed by atoms with Crippen molar-refractivity contribution in [2.45, 2.75) is 58.6 Å². The number of nitrogens with zero attached hydrogens (tertiary/aromatic N) is 2. The van der Waals surface area contributed by atoms with Gasteiger partial charge in [0, 0.05) is 43.7 Å². The highest BCUT2D eigenvalue weighted by atomic mass is 16.6. The number of rotatable bonds is 5. The molecule has 1 aromatic rings. The van der Waals surface area contributed by atoms with Crippen LogP contribution >= 0.6 is 0 Å². The van der Waals surface area contributed by atoms with Gasteiger partial charge < -0.3 is 15.0 Å². The zero-order valence-corrected chi connectivity index (χ0v) is 19.1. The Balaban J connectivity index is 1.41. The molecule has 31 heavy (non-hydrogen) atoms. The number of likely N-dealkylation sites (tertiary alicyclic amines) is 2. The number of anilines is 1. The fourth-order valence-electron chi connectivity index (χ4n) is 5.07. The second-order valence-corrected chi connectivity index (χ2v) is 9.43. The second-order valence-electron chi connectivity index (χ2n) is 9.43. The van der Waals surface area contributed by atoms with E-state index in [0.29, 0.717) is 24.0 Å². The molecule has 0 aromatic heterocycles. The molecular formula is C25H35N3O3. The predicted octanol–water partition coefficient (Wildman–Crippen LogP) is 3.58. The fourth-order valence-corrected chi connectivity index (χ4v) is 5.07. The first-order chi connectivity index (χ1) is 14.9. The zero-order chi connectivity index (χ0) is 22.0. The molecule has 2 saturated heterocycles. The minimum Gasteiger partial charge on any atom is -0.450 e. The normalized spacial score (nSPS) is 22.7. The first-order valence-electron chi connectivity index (χ1n) is 11.7. The first kappa shape index (κ1) is 22.0. The number of carbonyl (C=O) groups is 2. The average molecular weight is 426 g/mol. The summed E-state index contributed by atoms with van der Waals surface area (Å²) in [5.41, 5.74) is 2.19. The maximum atomic E-state index is 13.2. The third-order valence-electron chi connectivity index (χ3n) is 7.26. The summed E-state index contributed by atoms with van der Waals surface area (Å²) in [5.74, 6) is 0.253. The Hall–Kier alpha value is -2.18. The minimum atomic E-state index is -0.776. The molecule has 0 atom stereocenters. The molecule has 1 N–H and O–H groups in total. The summed E-state index contributed by atoms with van der Waals surface area (Å²) in [6.45, 7) is 12.0. The monoisotopic (exact) mass is 425 g/mol. The van der Waals surface area contributed by atoms with Gasteiger partial charge in [-0.3, -0.25) is 9.69 Å². The van der Waals surface area contributed by atoms with Crippen LogP contribution in [-0.4, -0.2) is 60.0 Å². The topological polar surface area (TPSA) is 61.9 Å². The summed E-state index contributed by atoms with van der Waals surface area (Å²) in [6.07, 6.45) is 3.86. The number of hydrogen-bond donors (Lipinski definition) is 1. The van der Waals surface area contributed by atoms with Crippen LogP contribution in [0.25, 0.3) is 0 Å². The summed E-state index contributed by atoms with van der Waals surface area (Å²) in [6, 6.07) is 8.08. The summed E-state index contributed by atoms with van der Waals surface area (Å²) in [7, 11) is 0. The molecule has 0 radical (unpaired) electrons. The maximum Gasteiger partial charge on any atom is 0.335 e.